The van der Waals surface area contributed by atoms with E-state index in [0.717, 1.165) is 17.4 Å². The summed E-state index contributed by atoms with van der Waals surface area (Å²) in [5.41, 5.74) is 6.43. The summed E-state index contributed by atoms with van der Waals surface area (Å²) in [6.45, 7) is 0. The first-order chi connectivity index (χ1) is 14.6. The van der Waals surface area contributed by atoms with Gasteiger partial charge in [-0.15, -0.1) is 11.3 Å². The number of ketones is 1. The molecular formula is C21H18F4N2O3S. The van der Waals surface area contributed by atoms with Crippen molar-refractivity contribution in [3.05, 3.63) is 63.9 Å². The molecule has 1 amide bonds. The van der Waals surface area contributed by atoms with Crippen LogP contribution in [0.2, 0.25) is 0 Å². The third kappa shape index (κ3) is 6.00. The second-order valence-electron chi connectivity index (χ2n) is 6.92. The maximum atomic E-state index is 13.1. The van der Waals surface area contributed by atoms with Crippen molar-refractivity contribution in [3.8, 4) is 11.5 Å². The number of amides is 1. The van der Waals surface area contributed by atoms with E-state index in [1.165, 1.54) is 36.6 Å². The molecule has 0 saturated carbocycles. The number of carbonyl (C=O) groups excluding carboxylic acids is 2. The molecule has 0 aliphatic carbocycles. The van der Waals surface area contributed by atoms with Crippen LogP contribution in [0, 0.1) is 5.82 Å². The molecule has 0 fully saturated rings. The molecule has 0 spiro atoms. The molecule has 0 aliphatic heterocycles. The van der Waals surface area contributed by atoms with E-state index in [2.05, 4.69) is 4.98 Å². The topological polar surface area (TPSA) is 86.2 Å². The van der Waals surface area contributed by atoms with Gasteiger partial charge in [-0.3, -0.25) is 9.59 Å². The second kappa shape index (κ2) is 9.42. The number of hydrogen-bond donors (Lipinski definition) is 1. The van der Waals surface area contributed by atoms with E-state index >= 15 is 0 Å². The number of oxazole rings is 1. The van der Waals surface area contributed by atoms with Crippen LogP contribution in [-0.4, -0.2) is 22.9 Å². The van der Waals surface area contributed by atoms with Gasteiger partial charge in [-0.1, -0.05) is 0 Å². The molecule has 3 aromatic rings. The van der Waals surface area contributed by atoms with Gasteiger partial charge in [0, 0.05) is 16.9 Å². The molecule has 0 bridgehead atoms. The van der Waals surface area contributed by atoms with E-state index in [1.54, 1.807) is 0 Å². The highest BCUT2D eigenvalue weighted by atomic mass is 32.1. The maximum absolute atomic E-state index is 13.1. The summed E-state index contributed by atoms with van der Waals surface area (Å²) < 4.78 is 56.6. The Hall–Kier alpha value is -3.01. The Morgan fingerprint density at radius 1 is 1.10 bits per heavy atom. The third-order valence-corrected chi connectivity index (χ3v) is 5.89. The summed E-state index contributed by atoms with van der Waals surface area (Å²) in [5.74, 6) is -2.76. The largest absolute Gasteiger partial charge is 0.455 e. The molecule has 2 aromatic heterocycles. The van der Waals surface area contributed by atoms with E-state index in [1.807, 2.05) is 0 Å². The van der Waals surface area contributed by atoms with Crippen molar-refractivity contribution < 1.29 is 31.6 Å². The zero-order valence-corrected chi connectivity index (χ0v) is 16.9. The fourth-order valence-electron chi connectivity index (χ4n) is 3.05. The van der Waals surface area contributed by atoms with E-state index in [0.29, 0.717) is 41.3 Å². The van der Waals surface area contributed by atoms with Crippen LogP contribution in [0.4, 0.5) is 17.6 Å². The van der Waals surface area contributed by atoms with Crippen molar-refractivity contribution in [2.75, 3.05) is 0 Å². The van der Waals surface area contributed by atoms with Crippen molar-refractivity contribution in [1.29, 1.82) is 0 Å². The molecular weight excluding hydrogens is 436 g/mol. The SMILES string of the molecule is NC(=O)CCC(CCc1coc(-c2ccc(F)cc2)n1)c1ccc(C(=O)C(F)(F)F)s1. The number of halogens is 4. The van der Waals surface area contributed by atoms with E-state index in [-0.39, 0.29) is 18.2 Å². The van der Waals surface area contributed by atoms with Gasteiger partial charge in [-0.25, -0.2) is 9.37 Å². The van der Waals surface area contributed by atoms with E-state index in [4.69, 9.17) is 10.2 Å². The Labute approximate surface area is 178 Å². The Balaban J connectivity index is 1.72. The van der Waals surface area contributed by atoms with Crippen LogP contribution in [0.5, 0.6) is 0 Å². The van der Waals surface area contributed by atoms with Crippen molar-refractivity contribution in [1.82, 2.24) is 4.98 Å². The molecule has 164 valence electrons. The molecule has 31 heavy (non-hydrogen) atoms. The number of aromatic nitrogens is 1. The lowest BCUT2D eigenvalue weighted by Crippen LogP contribution is -2.21. The lowest BCUT2D eigenvalue weighted by molar-refractivity contribution is -0.118. The number of primary amides is 1. The molecule has 3 rings (SSSR count). The van der Waals surface area contributed by atoms with Crippen LogP contribution in [-0.2, 0) is 11.2 Å². The third-order valence-electron chi connectivity index (χ3n) is 4.64. The van der Waals surface area contributed by atoms with Gasteiger partial charge >= 0.3 is 6.18 Å². The minimum atomic E-state index is -4.94. The van der Waals surface area contributed by atoms with Gasteiger partial charge in [0.1, 0.15) is 12.1 Å². The number of hydrogen-bond acceptors (Lipinski definition) is 5. The maximum Gasteiger partial charge on any atom is 0.455 e. The molecule has 0 radical (unpaired) electrons. The number of alkyl halides is 3. The standard InChI is InChI=1S/C21H18F4N2O3S/c22-14-5-1-13(2-6-14)20-27-15(11-30-20)7-3-12(4-10-18(26)28)16-8-9-17(31-16)19(29)21(23,24)25/h1-2,5-6,8-9,11-12H,3-4,7,10H2,(H2,26,28). The number of Topliss-reactive ketones (excluding diaryl/α,β-unsaturated/α-hetero) is 1. The minimum absolute atomic E-state index is 0.0603. The number of nitrogens with two attached hydrogens (primary N) is 1. The highest BCUT2D eigenvalue weighted by Crippen LogP contribution is 2.34. The number of carbonyl (C=O) groups is 2. The highest BCUT2D eigenvalue weighted by molar-refractivity contribution is 7.14. The molecule has 5 nitrogen and oxygen atoms in total. The Morgan fingerprint density at radius 2 is 1.81 bits per heavy atom. The lowest BCUT2D eigenvalue weighted by Gasteiger charge is -2.14. The number of aryl methyl sites for hydroxylation is 1. The molecule has 0 saturated heterocycles. The number of benzene rings is 1. The normalized spacial score (nSPS) is 12.6. The number of thiophene rings is 1. The zero-order chi connectivity index (χ0) is 22.6. The van der Waals surface area contributed by atoms with E-state index in [9.17, 15) is 27.2 Å². The van der Waals surface area contributed by atoms with Crippen LogP contribution in [0.1, 0.15) is 45.4 Å². The summed E-state index contributed by atoms with van der Waals surface area (Å²) in [4.78, 5) is 27.2. The van der Waals surface area contributed by atoms with Crippen molar-refractivity contribution >= 4 is 23.0 Å². The zero-order valence-electron chi connectivity index (χ0n) is 16.1. The van der Waals surface area contributed by atoms with Crippen LogP contribution in [0.3, 0.4) is 0 Å². The summed E-state index contributed by atoms with van der Waals surface area (Å²) in [6, 6.07) is 8.26. The van der Waals surface area contributed by atoms with Crippen molar-refractivity contribution in [2.45, 2.75) is 37.8 Å². The number of nitrogens with zero attached hydrogens (tertiary/aromatic N) is 1. The first-order valence-corrected chi connectivity index (χ1v) is 10.1. The Morgan fingerprint density at radius 3 is 2.45 bits per heavy atom. The molecule has 2 heterocycles. The molecule has 1 aromatic carbocycles. The molecule has 1 atom stereocenters. The first kappa shape index (κ1) is 22.7. The first-order valence-electron chi connectivity index (χ1n) is 9.33. The predicted octanol–water partition coefficient (Wildman–Crippen LogP) is 5.27. The van der Waals surface area contributed by atoms with Crippen LogP contribution >= 0.6 is 11.3 Å². The number of rotatable bonds is 9. The molecule has 1 unspecified atom stereocenters. The Kier molecular flexibility index (Phi) is 6.89. The van der Waals surface area contributed by atoms with Gasteiger partial charge in [-0.2, -0.15) is 13.2 Å². The summed E-state index contributed by atoms with van der Waals surface area (Å²) in [6.07, 6.45) is -2.21. The minimum Gasteiger partial charge on any atom is -0.444 e. The summed E-state index contributed by atoms with van der Waals surface area (Å²) in [5, 5.41) is 0. The highest BCUT2D eigenvalue weighted by Gasteiger charge is 2.40. The molecule has 2 N–H and O–H groups in total. The van der Waals surface area contributed by atoms with Gasteiger partial charge in [0.25, 0.3) is 5.78 Å². The fraction of sp³-hybridized carbons (Fsp3) is 0.286. The Bertz CT molecular complexity index is 1060. The van der Waals surface area contributed by atoms with Gasteiger partial charge in [0.15, 0.2) is 0 Å². The lowest BCUT2D eigenvalue weighted by atomic mass is 9.95. The van der Waals surface area contributed by atoms with Gasteiger partial charge in [-0.05, 0) is 61.6 Å². The van der Waals surface area contributed by atoms with Gasteiger partial charge < -0.3 is 10.2 Å². The summed E-state index contributed by atoms with van der Waals surface area (Å²) in [7, 11) is 0. The van der Waals surface area contributed by atoms with Gasteiger partial charge in [0.05, 0.1) is 10.6 Å². The molecule has 10 heteroatoms. The van der Waals surface area contributed by atoms with Crippen molar-refractivity contribution in [2.24, 2.45) is 5.73 Å². The average Bonchev–Trinajstić information content (AvgIpc) is 3.37. The second-order valence-corrected chi connectivity index (χ2v) is 8.04. The monoisotopic (exact) mass is 454 g/mol. The van der Waals surface area contributed by atoms with Crippen LogP contribution < -0.4 is 5.73 Å². The summed E-state index contributed by atoms with van der Waals surface area (Å²) >= 11 is 0.765. The van der Waals surface area contributed by atoms with Crippen molar-refractivity contribution in [3.63, 3.8) is 0 Å². The smallest absolute Gasteiger partial charge is 0.444 e. The fourth-order valence-corrected chi connectivity index (χ4v) is 4.19. The predicted molar refractivity (Wildman–Crippen MR) is 106 cm³/mol. The van der Waals surface area contributed by atoms with E-state index < -0.39 is 22.7 Å². The quantitative estimate of drug-likeness (QED) is 0.353. The average molecular weight is 454 g/mol. The molecule has 0 aliphatic rings. The van der Waals surface area contributed by atoms with Gasteiger partial charge in [0.2, 0.25) is 11.8 Å². The van der Waals surface area contributed by atoms with Crippen LogP contribution in [0.25, 0.3) is 11.5 Å². The van der Waals surface area contributed by atoms with Crippen LogP contribution in [0.15, 0.2) is 47.1 Å².